The van der Waals surface area contributed by atoms with Crippen LogP contribution in [0.5, 0.6) is 11.6 Å². The average Bonchev–Trinajstić information content (AvgIpc) is 3.58. The predicted molar refractivity (Wildman–Crippen MR) is 200 cm³/mol. The molecule has 3 aromatic carbocycles. The largest absolute Gasteiger partial charge is 0.460 e. The van der Waals surface area contributed by atoms with Crippen LogP contribution in [0.2, 0.25) is 0 Å². The molecule has 58 heavy (non-hydrogen) atoms. The number of hydrogen-bond acceptors (Lipinski definition) is 8. The van der Waals surface area contributed by atoms with Gasteiger partial charge in [0.1, 0.15) is 29.6 Å². The van der Waals surface area contributed by atoms with Gasteiger partial charge in [-0.1, -0.05) is 67.0 Å². The number of allylic oxidation sites excluding steroid dienone is 2. The summed E-state index contributed by atoms with van der Waals surface area (Å²) < 4.78 is 110. The molecule has 2 unspecified atom stereocenters. The van der Waals surface area contributed by atoms with Crippen LogP contribution in [0.4, 0.5) is 30.7 Å². The highest BCUT2D eigenvalue weighted by atomic mass is 35.5. The zero-order valence-electron chi connectivity index (χ0n) is 32.7. The topological polar surface area (TPSA) is 101 Å². The van der Waals surface area contributed by atoms with E-state index in [1.165, 1.54) is 13.8 Å². The van der Waals surface area contributed by atoms with Gasteiger partial charge in [-0.05, 0) is 75.8 Å². The minimum absolute atomic E-state index is 0.263. The van der Waals surface area contributed by atoms with E-state index in [1.54, 1.807) is 23.0 Å². The van der Waals surface area contributed by atoms with E-state index in [2.05, 4.69) is 10.3 Å². The van der Waals surface area contributed by atoms with Crippen molar-refractivity contribution < 1.29 is 59.4 Å². The highest BCUT2D eigenvalue weighted by Gasteiger charge is 2.62. The van der Waals surface area contributed by atoms with Gasteiger partial charge in [-0.25, -0.2) is 27.0 Å². The van der Waals surface area contributed by atoms with Gasteiger partial charge in [-0.3, -0.25) is 4.79 Å². The molecule has 0 amide bonds. The Balaban J connectivity index is 0.000000259. The van der Waals surface area contributed by atoms with Gasteiger partial charge in [0.15, 0.2) is 23.3 Å². The molecule has 1 aliphatic rings. The number of esters is 2. The van der Waals surface area contributed by atoms with Gasteiger partial charge < -0.3 is 19.0 Å². The minimum atomic E-state index is -4.78. The molecule has 0 N–H and O–H groups in total. The molecule has 1 aromatic heterocycles. The van der Waals surface area contributed by atoms with E-state index in [4.69, 9.17) is 30.6 Å². The molecule has 312 valence electrons. The average molecular weight is 840 g/mol. The Bertz CT molecular complexity index is 2150. The van der Waals surface area contributed by atoms with Gasteiger partial charge in [0.05, 0.1) is 34.5 Å². The maximum atomic E-state index is 13.8. The fraction of sp³-hybridized carbons (Fsp3) is 0.366. The van der Waals surface area contributed by atoms with Crippen molar-refractivity contribution in [2.24, 2.45) is 29.5 Å². The summed E-state index contributed by atoms with van der Waals surface area (Å²) in [5.41, 5.74) is -0.555. The third-order valence-electron chi connectivity index (χ3n) is 8.94. The van der Waals surface area contributed by atoms with Crippen molar-refractivity contribution in [2.45, 2.75) is 73.5 Å². The number of oxime groups is 1. The highest BCUT2D eigenvalue weighted by molar-refractivity contribution is 6.30. The first-order chi connectivity index (χ1) is 26.9. The zero-order chi connectivity index (χ0) is 43.3. The first-order valence-electron chi connectivity index (χ1n) is 17.6. The van der Waals surface area contributed by atoms with Gasteiger partial charge in [-0.2, -0.15) is 18.3 Å². The van der Waals surface area contributed by atoms with Gasteiger partial charge in [0.25, 0.3) is 0 Å². The van der Waals surface area contributed by atoms with Crippen LogP contribution in [0.25, 0.3) is 0 Å². The standard InChI is InChI=1S/C24H27N3O4.C17H14ClF7O2/c1-17-21(22(27(5)26-17)30-20-9-7-6-8-10-20)15-25-29-16-18-11-13-19(14-12-18)23(28)31-24(2,3)4;1-6-11(19)13(21)7(14(22)12(6)20)5-27-15(26)10-8(16(10,2)3)4-9(18)17(23,24)25/h6-15H,16H2,1-5H3;4,8,10H,5H2,1-3H3/b25-15+;9-4-. The minimum Gasteiger partial charge on any atom is -0.460 e. The number of rotatable bonds is 11. The van der Waals surface area contributed by atoms with E-state index in [9.17, 15) is 40.3 Å². The number of carbonyl (C=O) groups excluding carboxylic acids is 2. The number of carbonyl (C=O) groups is 2. The number of halogens is 8. The second kappa shape index (κ2) is 18.0. The molecule has 2 atom stereocenters. The summed E-state index contributed by atoms with van der Waals surface area (Å²) in [5, 5.41) is 7.06. The van der Waals surface area contributed by atoms with Gasteiger partial charge in [0, 0.05) is 12.6 Å². The molecular formula is C41H41ClF7N3O6. The summed E-state index contributed by atoms with van der Waals surface area (Å²) in [4.78, 5) is 29.6. The molecule has 9 nitrogen and oxygen atoms in total. The van der Waals surface area contributed by atoms with Crippen LogP contribution in [0.3, 0.4) is 0 Å². The molecule has 1 saturated carbocycles. The quantitative estimate of drug-likeness (QED) is 0.0487. The van der Waals surface area contributed by atoms with E-state index in [0.717, 1.165) is 23.7 Å². The molecule has 0 aliphatic heterocycles. The Kier molecular flexibility index (Phi) is 14.1. The lowest BCUT2D eigenvalue weighted by atomic mass is 10.1. The third-order valence-corrected chi connectivity index (χ3v) is 9.28. The fourth-order valence-corrected chi connectivity index (χ4v) is 5.77. The summed E-state index contributed by atoms with van der Waals surface area (Å²) in [5.74, 6) is -8.74. The Hall–Kier alpha value is -5.38. The monoisotopic (exact) mass is 839 g/mol. The van der Waals surface area contributed by atoms with Crippen LogP contribution in [0.1, 0.15) is 72.9 Å². The van der Waals surface area contributed by atoms with Crippen molar-refractivity contribution in [1.82, 2.24) is 9.78 Å². The van der Waals surface area contributed by atoms with Crippen molar-refractivity contribution in [1.29, 1.82) is 0 Å². The summed E-state index contributed by atoms with van der Waals surface area (Å²) in [6.45, 7) is 10.3. The second-order valence-electron chi connectivity index (χ2n) is 14.9. The van der Waals surface area contributed by atoms with Crippen LogP contribution in [-0.2, 0) is 39.4 Å². The summed E-state index contributed by atoms with van der Waals surface area (Å²) in [6.07, 6.45) is -2.52. The van der Waals surface area contributed by atoms with Crippen LogP contribution in [0, 0.1) is 54.4 Å². The molecule has 1 heterocycles. The molecule has 0 radical (unpaired) electrons. The maximum absolute atomic E-state index is 13.8. The molecule has 0 saturated heterocycles. The molecule has 17 heteroatoms. The maximum Gasteiger partial charge on any atom is 0.426 e. The second-order valence-corrected chi connectivity index (χ2v) is 15.3. The van der Waals surface area contributed by atoms with E-state index < -0.39 is 81.0 Å². The van der Waals surface area contributed by atoms with Gasteiger partial charge in [0.2, 0.25) is 5.88 Å². The predicted octanol–water partition coefficient (Wildman–Crippen LogP) is 10.6. The van der Waals surface area contributed by atoms with Gasteiger partial charge >= 0.3 is 18.1 Å². The lowest BCUT2D eigenvalue weighted by Gasteiger charge is -2.19. The molecule has 0 spiro atoms. The fourth-order valence-electron chi connectivity index (χ4n) is 5.64. The first-order valence-corrected chi connectivity index (χ1v) is 18.0. The summed E-state index contributed by atoms with van der Waals surface area (Å²) >= 11 is 5.15. The van der Waals surface area contributed by atoms with Crippen LogP contribution < -0.4 is 4.74 Å². The molecule has 1 aliphatic carbocycles. The first kappa shape index (κ1) is 45.3. The molecular weight excluding hydrogens is 799 g/mol. The number of alkyl halides is 3. The van der Waals surface area contributed by atoms with Crippen LogP contribution in [-0.4, -0.2) is 39.7 Å². The number of para-hydroxylation sites is 1. The molecule has 1 fully saturated rings. The third kappa shape index (κ3) is 11.2. The van der Waals surface area contributed by atoms with E-state index in [0.29, 0.717) is 23.3 Å². The van der Waals surface area contributed by atoms with Crippen molar-refractivity contribution in [2.75, 3.05) is 0 Å². The van der Waals surface area contributed by atoms with E-state index in [1.807, 2.05) is 77.2 Å². The van der Waals surface area contributed by atoms with Crippen LogP contribution >= 0.6 is 11.6 Å². The summed E-state index contributed by atoms with van der Waals surface area (Å²) in [7, 11) is 1.82. The lowest BCUT2D eigenvalue weighted by molar-refractivity contribution is -0.147. The number of hydrogen-bond donors (Lipinski definition) is 0. The van der Waals surface area contributed by atoms with E-state index >= 15 is 0 Å². The number of ether oxygens (including phenoxy) is 3. The summed E-state index contributed by atoms with van der Waals surface area (Å²) in [6, 6.07) is 16.6. The normalized spacial score (nSPS) is 16.4. The van der Waals surface area contributed by atoms with Crippen molar-refractivity contribution in [3.8, 4) is 11.6 Å². The molecule has 5 rings (SSSR count). The molecule has 4 aromatic rings. The zero-order valence-corrected chi connectivity index (χ0v) is 33.5. The lowest BCUT2D eigenvalue weighted by Crippen LogP contribution is -2.23. The smallest absolute Gasteiger partial charge is 0.426 e. The number of benzene rings is 3. The number of aryl methyl sites for hydroxylation is 2. The number of aromatic nitrogens is 2. The van der Waals surface area contributed by atoms with Crippen LogP contribution in [0.15, 0.2) is 70.9 Å². The Morgan fingerprint density at radius 3 is 2.05 bits per heavy atom. The van der Waals surface area contributed by atoms with Crippen molar-refractivity contribution in [3.05, 3.63) is 122 Å². The Labute approximate surface area is 335 Å². The highest BCUT2D eigenvalue weighted by Crippen LogP contribution is 2.60. The SMILES string of the molecule is Cc1c(F)c(F)c(COC(=O)C2C(/C=C(\Cl)C(F)(F)F)C2(C)C)c(F)c1F.Cc1nn(C)c(Oc2ccccc2)c1/C=N/OCc1ccc(C(=O)OC(C)(C)C)cc1. The Morgan fingerprint density at radius 1 is 0.914 bits per heavy atom. The van der Waals surface area contributed by atoms with Gasteiger partial charge in [-0.15, -0.1) is 0 Å². The number of nitrogens with zero attached hydrogens (tertiary/aromatic N) is 3. The Morgan fingerprint density at radius 2 is 1.50 bits per heavy atom. The van der Waals surface area contributed by atoms with Crippen molar-refractivity contribution >= 4 is 29.8 Å². The van der Waals surface area contributed by atoms with E-state index in [-0.39, 0.29) is 12.6 Å². The molecule has 0 bridgehead atoms. The van der Waals surface area contributed by atoms with Crippen molar-refractivity contribution in [3.63, 3.8) is 0 Å².